The molecule has 2 fully saturated rings. The van der Waals surface area contributed by atoms with Crippen LogP contribution in [0.5, 0.6) is 0 Å². The maximum atomic E-state index is 12.3. The number of benzene rings is 2. The van der Waals surface area contributed by atoms with E-state index in [1.54, 1.807) is 0 Å². The number of hydrogen-bond acceptors (Lipinski definition) is 3. The zero-order chi connectivity index (χ0) is 14.2. The normalized spacial score (nSPS) is 31.0. The van der Waals surface area contributed by atoms with Gasteiger partial charge in [0.2, 0.25) is 0 Å². The highest BCUT2D eigenvalue weighted by atomic mass is 16.6. The van der Waals surface area contributed by atoms with Gasteiger partial charge < -0.3 is 9.47 Å². The van der Waals surface area contributed by atoms with E-state index in [0.29, 0.717) is 6.61 Å². The lowest BCUT2D eigenvalue weighted by Gasteiger charge is -2.14. The molecule has 3 nitrogen and oxygen atoms in total. The van der Waals surface area contributed by atoms with E-state index in [9.17, 15) is 4.79 Å². The van der Waals surface area contributed by atoms with E-state index in [1.165, 1.54) is 0 Å². The van der Waals surface area contributed by atoms with Gasteiger partial charge in [0, 0.05) is 5.92 Å². The first-order chi connectivity index (χ1) is 10.3. The monoisotopic (exact) mass is 280 g/mol. The Morgan fingerprint density at radius 2 is 1.38 bits per heavy atom. The van der Waals surface area contributed by atoms with Gasteiger partial charge in [0.25, 0.3) is 0 Å². The van der Waals surface area contributed by atoms with Crippen LogP contribution < -0.4 is 0 Å². The van der Waals surface area contributed by atoms with Crippen LogP contribution in [-0.2, 0) is 14.3 Å². The molecule has 0 saturated carbocycles. The molecule has 2 saturated heterocycles. The Morgan fingerprint density at radius 1 is 0.810 bits per heavy atom. The third kappa shape index (κ3) is 2.05. The number of carbonyl (C=O) groups is 1. The largest absolute Gasteiger partial charge is 0.457 e. The summed E-state index contributed by atoms with van der Waals surface area (Å²) >= 11 is 0. The van der Waals surface area contributed by atoms with E-state index in [4.69, 9.17) is 9.47 Å². The number of cyclic esters (lactones) is 1. The number of carbonyl (C=O) groups excluding carboxylic acids is 1. The standard InChI is InChI=1S/C18H16O3/c19-18-15-14(16(21-18)12-7-3-1-4-8-12)11-20-17(15)13-9-5-2-6-10-13/h1-10,14-17H,11H2/t14-,15-,16+,17-/m0/s1. The molecule has 21 heavy (non-hydrogen) atoms. The quantitative estimate of drug-likeness (QED) is 0.792. The van der Waals surface area contributed by atoms with Crippen molar-refractivity contribution in [1.29, 1.82) is 0 Å². The molecule has 0 spiro atoms. The highest BCUT2D eigenvalue weighted by molar-refractivity contribution is 5.77. The van der Waals surface area contributed by atoms with Gasteiger partial charge in [-0.15, -0.1) is 0 Å². The third-order valence-electron chi connectivity index (χ3n) is 4.42. The fourth-order valence-corrected chi connectivity index (χ4v) is 3.42. The van der Waals surface area contributed by atoms with Crippen molar-refractivity contribution in [2.75, 3.05) is 6.61 Å². The Hall–Kier alpha value is -2.13. The second kappa shape index (κ2) is 5.01. The maximum Gasteiger partial charge on any atom is 0.313 e. The zero-order valence-electron chi connectivity index (χ0n) is 11.5. The first kappa shape index (κ1) is 12.6. The number of esters is 1. The molecule has 0 aliphatic carbocycles. The fourth-order valence-electron chi connectivity index (χ4n) is 3.42. The highest BCUT2D eigenvalue weighted by Gasteiger charge is 2.54. The molecular formula is C18H16O3. The molecule has 4 atom stereocenters. The molecule has 0 N–H and O–H groups in total. The summed E-state index contributed by atoms with van der Waals surface area (Å²) in [6.07, 6.45) is -0.366. The molecule has 0 bridgehead atoms. The molecule has 2 aliphatic heterocycles. The van der Waals surface area contributed by atoms with E-state index < -0.39 is 0 Å². The van der Waals surface area contributed by atoms with Gasteiger partial charge >= 0.3 is 5.97 Å². The Kier molecular flexibility index (Phi) is 3.00. The second-order valence-electron chi connectivity index (χ2n) is 5.62. The highest BCUT2D eigenvalue weighted by Crippen LogP contribution is 2.50. The van der Waals surface area contributed by atoms with Crippen LogP contribution in [0.2, 0.25) is 0 Å². The van der Waals surface area contributed by atoms with Gasteiger partial charge in [-0.3, -0.25) is 4.79 Å². The summed E-state index contributed by atoms with van der Waals surface area (Å²) in [4.78, 5) is 12.3. The summed E-state index contributed by atoms with van der Waals surface area (Å²) in [5.41, 5.74) is 2.10. The summed E-state index contributed by atoms with van der Waals surface area (Å²) < 4.78 is 11.6. The molecule has 0 unspecified atom stereocenters. The lowest BCUT2D eigenvalue weighted by molar-refractivity contribution is -0.148. The van der Waals surface area contributed by atoms with E-state index in [0.717, 1.165) is 11.1 Å². The zero-order valence-corrected chi connectivity index (χ0v) is 11.5. The predicted molar refractivity (Wildman–Crippen MR) is 77.4 cm³/mol. The van der Waals surface area contributed by atoms with Gasteiger partial charge in [0.05, 0.1) is 18.6 Å². The van der Waals surface area contributed by atoms with Crippen molar-refractivity contribution in [3.8, 4) is 0 Å². The van der Waals surface area contributed by atoms with Gasteiger partial charge in [-0.25, -0.2) is 0 Å². The van der Waals surface area contributed by atoms with Gasteiger partial charge in [0.1, 0.15) is 6.10 Å². The SMILES string of the molecule is O=C1O[C@H](c2ccccc2)[C@H]2CO[C@@H](c3ccccc3)[C@@H]12. The number of hydrogen-bond donors (Lipinski definition) is 0. The van der Waals surface area contributed by atoms with Crippen molar-refractivity contribution in [2.45, 2.75) is 12.2 Å². The topological polar surface area (TPSA) is 35.5 Å². The summed E-state index contributed by atoms with van der Waals surface area (Å²) in [5, 5.41) is 0. The van der Waals surface area contributed by atoms with Crippen LogP contribution in [-0.4, -0.2) is 12.6 Å². The van der Waals surface area contributed by atoms with Crippen molar-refractivity contribution in [2.24, 2.45) is 11.8 Å². The first-order valence-electron chi connectivity index (χ1n) is 7.26. The average Bonchev–Trinajstić information content (AvgIpc) is 3.11. The van der Waals surface area contributed by atoms with Gasteiger partial charge in [0.15, 0.2) is 0 Å². The molecule has 3 heteroatoms. The van der Waals surface area contributed by atoms with Crippen LogP contribution in [0.25, 0.3) is 0 Å². The summed E-state index contributed by atoms with van der Waals surface area (Å²) in [6.45, 7) is 0.565. The Labute approximate surface area is 123 Å². The minimum absolute atomic E-state index is 0.102. The molecular weight excluding hydrogens is 264 g/mol. The Balaban J connectivity index is 1.65. The number of fused-ring (bicyclic) bond motifs is 1. The lowest BCUT2D eigenvalue weighted by atomic mass is 9.84. The minimum atomic E-state index is -0.197. The molecule has 2 aromatic carbocycles. The van der Waals surface area contributed by atoms with Crippen LogP contribution >= 0.6 is 0 Å². The lowest BCUT2D eigenvalue weighted by Crippen LogP contribution is -2.17. The Morgan fingerprint density at radius 3 is 2.00 bits per heavy atom. The molecule has 0 radical (unpaired) electrons. The van der Waals surface area contributed by atoms with Crippen LogP contribution in [0, 0.1) is 11.8 Å². The summed E-state index contributed by atoms with van der Waals surface area (Å²) in [5.74, 6) is -0.233. The molecule has 2 heterocycles. The second-order valence-corrected chi connectivity index (χ2v) is 5.62. The van der Waals surface area contributed by atoms with Crippen molar-refractivity contribution >= 4 is 5.97 Å². The van der Waals surface area contributed by atoms with Gasteiger partial charge in [-0.2, -0.15) is 0 Å². The molecule has 2 aliphatic rings. The van der Waals surface area contributed by atoms with E-state index in [2.05, 4.69) is 0 Å². The molecule has 2 aromatic rings. The predicted octanol–water partition coefficient (Wildman–Crippen LogP) is 3.29. The molecule has 0 aromatic heterocycles. The number of rotatable bonds is 2. The van der Waals surface area contributed by atoms with Crippen LogP contribution in [0.1, 0.15) is 23.3 Å². The number of ether oxygens (including phenoxy) is 2. The molecule has 4 rings (SSSR count). The van der Waals surface area contributed by atoms with E-state index >= 15 is 0 Å². The maximum absolute atomic E-state index is 12.3. The molecule has 106 valence electrons. The van der Waals surface area contributed by atoms with Crippen LogP contribution in [0.3, 0.4) is 0 Å². The first-order valence-corrected chi connectivity index (χ1v) is 7.26. The summed E-state index contributed by atoms with van der Waals surface area (Å²) in [6, 6.07) is 19.9. The van der Waals surface area contributed by atoms with Crippen molar-refractivity contribution in [1.82, 2.24) is 0 Å². The van der Waals surface area contributed by atoms with E-state index in [-0.39, 0.29) is 30.0 Å². The van der Waals surface area contributed by atoms with E-state index in [1.807, 2.05) is 60.7 Å². The summed E-state index contributed by atoms with van der Waals surface area (Å²) in [7, 11) is 0. The molecule has 0 amide bonds. The fraction of sp³-hybridized carbons (Fsp3) is 0.278. The minimum Gasteiger partial charge on any atom is -0.457 e. The van der Waals surface area contributed by atoms with Gasteiger partial charge in [-0.1, -0.05) is 60.7 Å². The van der Waals surface area contributed by atoms with Crippen molar-refractivity contribution < 1.29 is 14.3 Å². The smallest absolute Gasteiger partial charge is 0.313 e. The average molecular weight is 280 g/mol. The van der Waals surface area contributed by atoms with Crippen molar-refractivity contribution in [3.63, 3.8) is 0 Å². The third-order valence-corrected chi connectivity index (χ3v) is 4.42. The van der Waals surface area contributed by atoms with Gasteiger partial charge in [-0.05, 0) is 11.1 Å². The Bertz CT molecular complexity index is 601. The van der Waals surface area contributed by atoms with Crippen LogP contribution in [0.4, 0.5) is 0 Å². The van der Waals surface area contributed by atoms with Crippen LogP contribution in [0.15, 0.2) is 60.7 Å². The van der Waals surface area contributed by atoms with Crippen molar-refractivity contribution in [3.05, 3.63) is 71.8 Å².